The van der Waals surface area contributed by atoms with Crippen molar-refractivity contribution in [3.8, 4) is 0 Å². The minimum Gasteiger partial charge on any atom is -0.358 e. The third-order valence-corrected chi connectivity index (χ3v) is 5.13. The van der Waals surface area contributed by atoms with Crippen molar-refractivity contribution < 1.29 is 4.79 Å². The van der Waals surface area contributed by atoms with E-state index in [0.29, 0.717) is 10.6 Å². The molecule has 2 N–H and O–H groups in total. The molecular weight excluding hydrogens is 320 g/mol. The first-order valence-corrected chi connectivity index (χ1v) is 8.65. The molecule has 1 heterocycles. The Morgan fingerprint density at radius 3 is 2.92 bits per heavy atom. The zero-order valence-corrected chi connectivity index (χ0v) is 14.3. The molecule has 1 aliphatic rings. The minimum atomic E-state index is -0.0925. The maximum atomic E-state index is 12.5. The van der Waals surface area contributed by atoms with Crippen LogP contribution in [0.5, 0.6) is 0 Å². The van der Waals surface area contributed by atoms with Crippen LogP contribution in [-0.2, 0) is 12.8 Å². The van der Waals surface area contributed by atoms with E-state index >= 15 is 0 Å². The molecule has 1 aromatic heterocycles. The fourth-order valence-corrected chi connectivity index (χ4v) is 3.78. The smallest absolute Gasteiger partial charge is 0.253 e. The number of nitrogens with one attached hydrogen (secondary N) is 2. The highest BCUT2D eigenvalue weighted by Gasteiger charge is 2.24. The molecule has 0 saturated heterocycles. The molecule has 0 bridgehead atoms. The fraction of sp³-hybridized carbons (Fsp3) is 0.250. The summed E-state index contributed by atoms with van der Waals surface area (Å²) in [6.07, 6.45) is 2.75. The molecule has 1 atom stereocenters. The van der Waals surface area contributed by atoms with Crippen LogP contribution >= 0.6 is 11.6 Å². The van der Waals surface area contributed by atoms with Gasteiger partial charge in [0.25, 0.3) is 5.91 Å². The van der Waals surface area contributed by atoms with Crippen molar-refractivity contribution in [3.63, 3.8) is 0 Å². The topological polar surface area (TPSA) is 44.9 Å². The first kappa shape index (κ1) is 15.3. The quantitative estimate of drug-likeness (QED) is 0.714. The van der Waals surface area contributed by atoms with E-state index in [0.717, 1.165) is 19.3 Å². The molecule has 122 valence electrons. The number of hydrogen-bond donors (Lipinski definition) is 2. The van der Waals surface area contributed by atoms with Gasteiger partial charge in [-0.1, -0.05) is 35.4 Å². The number of aryl methyl sites for hydroxylation is 2. The molecule has 0 saturated carbocycles. The lowest BCUT2D eigenvalue weighted by atomic mass is 9.91. The van der Waals surface area contributed by atoms with Gasteiger partial charge in [0.1, 0.15) is 0 Å². The predicted molar refractivity (Wildman–Crippen MR) is 97.8 cm³/mol. The van der Waals surface area contributed by atoms with Crippen LogP contribution in [-0.4, -0.2) is 16.9 Å². The number of rotatable bonds is 2. The van der Waals surface area contributed by atoms with Gasteiger partial charge in [-0.15, -0.1) is 0 Å². The molecule has 4 rings (SSSR count). The monoisotopic (exact) mass is 338 g/mol. The second kappa shape index (κ2) is 5.99. The van der Waals surface area contributed by atoms with Gasteiger partial charge in [-0.05, 0) is 56.0 Å². The van der Waals surface area contributed by atoms with Crippen molar-refractivity contribution in [2.24, 2.45) is 0 Å². The second-order valence-electron chi connectivity index (χ2n) is 6.52. The largest absolute Gasteiger partial charge is 0.358 e. The number of fused-ring (bicyclic) bond motifs is 3. The second-order valence-corrected chi connectivity index (χ2v) is 6.93. The summed E-state index contributed by atoms with van der Waals surface area (Å²) in [5.74, 6) is -0.0925. The molecule has 24 heavy (non-hydrogen) atoms. The number of aromatic amines is 1. The molecule has 3 nitrogen and oxygen atoms in total. The van der Waals surface area contributed by atoms with Crippen molar-refractivity contribution in [2.75, 3.05) is 0 Å². The van der Waals surface area contributed by atoms with Crippen molar-refractivity contribution in [2.45, 2.75) is 32.2 Å². The molecule has 2 aromatic carbocycles. The summed E-state index contributed by atoms with van der Waals surface area (Å²) in [6, 6.07) is 13.8. The lowest BCUT2D eigenvalue weighted by molar-refractivity contribution is 0.0934. The van der Waals surface area contributed by atoms with E-state index in [4.69, 9.17) is 11.6 Å². The first-order chi connectivity index (χ1) is 11.6. The molecule has 1 amide bonds. The van der Waals surface area contributed by atoms with Crippen molar-refractivity contribution in [3.05, 3.63) is 69.9 Å². The summed E-state index contributed by atoms with van der Waals surface area (Å²) >= 11 is 6.13. The zero-order valence-electron chi connectivity index (χ0n) is 13.5. The van der Waals surface area contributed by atoms with Gasteiger partial charge in [0.15, 0.2) is 0 Å². The van der Waals surface area contributed by atoms with Crippen LogP contribution in [0.15, 0.2) is 42.5 Å². The standard InChI is InChI=1S/C20H19ClN2O/c1-12-6-8-18-15(10-12)16-11-13(7-9-19(16)23-18)22-20(24)14-4-2-3-5-17(14)21/h2-6,8,10,13,23H,7,9,11H2,1H3,(H,22,24). The first-order valence-electron chi connectivity index (χ1n) is 8.27. The van der Waals surface area contributed by atoms with Crippen LogP contribution in [0.3, 0.4) is 0 Å². The van der Waals surface area contributed by atoms with Crippen LogP contribution in [0.2, 0.25) is 5.02 Å². The number of benzene rings is 2. The number of aromatic nitrogens is 1. The molecular formula is C20H19ClN2O. The van der Waals surface area contributed by atoms with Gasteiger partial charge < -0.3 is 10.3 Å². The molecule has 3 aromatic rings. The van der Waals surface area contributed by atoms with Crippen LogP contribution in [0.1, 0.15) is 33.6 Å². The lowest BCUT2D eigenvalue weighted by Crippen LogP contribution is -2.38. The Labute approximate surface area is 146 Å². The Bertz CT molecular complexity index is 929. The van der Waals surface area contributed by atoms with Gasteiger partial charge in [-0.2, -0.15) is 0 Å². The van der Waals surface area contributed by atoms with Crippen molar-refractivity contribution in [1.82, 2.24) is 10.3 Å². The highest BCUT2D eigenvalue weighted by atomic mass is 35.5. The summed E-state index contributed by atoms with van der Waals surface area (Å²) in [5.41, 5.74) is 5.62. The van der Waals surface area contributed by atoms with Gasteiger partial charge in [0.05, 0.1) is 10.6 Å². The molecule has 0 spiro atoms. The van der Waals surface area contributed by atoms with Crippen molar-refractivity contribution in [1.29, 1.82) is 0 Å². The fourth-order valence-electron chi connectivity index (χ4n) is 3.56. The van der Waals surface area contributed by atoms with Gasteiger partial charge in [-0.25, -0.2) is 0 Å². The van der Waals surface area contributed by atoms with E-state index < -0.39 is 0 Å². The normalized spacial score (nSPS) is 16.8. The summed E-state index contributed by atoms with van der Waals surface area (Å²) in [7, 11) is 0. The number of amides is 1. The summed E-state index contributed by atoms with van der Waals surface area (Å²) in [5, 5.41) is 4.92. The Kier molecular flexibility index (Phi) is 3.81. The average molecular weight is 339 g/mol. The maximum absolute atomic E-state index is 12.5. The third-order valence-electron chi connectivity index (χ3n) is 4.80. The van der Waals surface area contributed by atoms with Gasteiger partial charge in [-0.3, -0.25) is 4.79 Å². The lowest BCUT2D eigenvalue weighted by Gasteiger charge is -2.24. The SMILES string of the molecule is Cc1ccc2[nH]c3c(c2c1)CC(NC(=O)c1ccccc1Cl)CC3. The van der Waals surface area contributed by atoms with Gasteiger partial charge in [0, 0.05) is 22.6 Å². The van der Waals surface area contributed by atoms with E-state index in [2.05, 4.69) is 35.4 Å². The van der Waals surface area contributed by atoms with E-state index in [1.54, 1.807) is 12.1 Å². The number of carbonyl (C=O) groups excluding carboxylic acids is 1. The van der Waals surface area contributed by atoms with E-state index in [-0.39, 0.29) is 11.9 Å². The van der Waals surface area contributed by atoms with Crippen LogP contribution in [0, 0.1) is 6.92 Å². The summed E-state index contributed by atoms with van der Waals surface area (Å²) < 4.78 is 0. The highest BCUT2D eigenvalue weighted by molar-refractivity contribution is 6.33. The third kappa shape index (κ3) is 2.69. The number of carbonyl (C=O) groups is 1. The Morgan fingerprint density at radius 1 is 1.25 bits per heavy atom. The predicted octanol–water partition coefficient (Wildman–Crippen LogP) is 4.42. The highest BCUT2D eigenvalue weighted by Crippen LogP contribution is 2.30. The average Bonchev–Trinajstić information content (AvgIpc) is 2.92. The number of H-pyrrole nitrogens is 1. The van der Waals surface area contributed by atoms with Crippen LogP contribution in [0.4, 0.5) is 0 Å². The van der Waals surface area contributed by atoms with Crippen molar-refractivity contribution >= 4 is 28.4 Å². The summed E-state index contributed by atoms with van der Waals surface area (Å²) in [6.45, 7) is 2.11. The molecule has 0 radical (unpaired) electrons. The number of hydrogen-bond acceptors (Lipinski definition) is 1. The van der Waals surface area contributed by atoms with Crippen LogP contribution < -0.4 is 5.32 Å². The molecule has 1 unspecified atom stereocenters. The Morgan fingerprint density at radius 2 is 2.08 bits per heavy atom. The molecule has 4 heteroatoms. The number of halogens is 1. The summed E-state index contributed by atoms with van der Waals surface area (Å²) in [4.78, 5) is 16.0. The molecule has 0 aliphatic heterocycles. The Balaban J connectivity index is 1.58. The zero-order chi connectivity index (χ0) is 16.7. The van der Waals surface area contributed by atoms with E-state index in [9.17, 15) is 4.79 Å². The molecule has 0 fully saturated rings. The van der Waals surface area contributed by atoms with E-state index in [1.165, 1.54) is 27.7 Å². The van der Waals surface area contributed by atoms with Gasteiger partial charge in [0.2, 0.25) is 0 Å². The van der Waals surface area contributed by atoms with E-state index in [1.807, 2.05) is 12.1 Å². The van der Waals surface area contributed by atoms with Crippen LogP contribution in [0.25, 0.3) is 10.9 Å². The minimum absolute atomic E-state index is 0.0925. The Hall–Kier alpha value is -2.26. The maximum Gasteiger partial charge on any atom is 0.253 e. The van der Waals surface area contributed by atoms with Gasteiger partial charge >= 0.3 is 0 Å². The molecule has 1 aliphatic carbocycles.